The van der Waals surface area contributed by atoms with Crippen LogP contribution in [0.3, 0.4) is 0 Å². The summed E-state index contributed by atoms with van der Waals surface area (Å²) in [4.78, 5) is 6.04. The fourth-order valence-corrected chi connectivity index (χ4v) is 2.36. The molecule has 0 saturated carbocycles. The molecular formula is C12H15ClN2O. The largest absolute Gasteiger partial charge is 0.386 e. The second-order valence-electron chi connectivity index (χ2n) is 3.95. The standard InChI is InChI=1S/C12H15ClN2O/c1-2-12(6-4-3-5-10(12)16)15-8-7-14-11(13)9-15/h3-7,9-10,16H,2,8H2,1H3/t10?,12-/m1/s1. The van der Waals surface area contributed by atoms with Crippen LogP contribution in [0.4, 0.5) is 0 Å². The minimum Gasteiger partial charge on any atom is -0.386 e. The molecule has 1 aliphatic carbocycles. The highest BCUT2D eigenvalue weighted by Gasteiger charge is 2.38. The highest BCUT2D eigenvalue weighted by molar-refractivity contribution is 6.29. The van der Waals surface area contributed by atoms with Crippen molar-refractivity contribution in [3.05, 3.63) is 35.7 Å². The smallest absolute Gasteiger partial charge is 0.144 e. The third-order valence-electron chi connectivity index (χ3n) is 3.16. The molecule has 4 heteroatoms. The fraction of sp³-hybridized carbons (Fsp3) is 0.417. The molecule has 16 heavy (non-hydrogen) atoms. The molecular weight excluding hydrogens is 224 g/mol. The van der Waals surface area contributed by atoms with Crippen LogP contribution in [0.25, 0.3) is 0 Å². The van der Waals surface area contributed by atoms with Gasteiger partial charge in [0.1, 0.15) is 5.16 Å². The number of aliphatic hydroxyl groups is 1. The van der Waals surface area contributed by atoms with Crippen LogP contribution in [0.5, 0.6) is 0 Å². The topological polar surface area (TPSA) is 35.8 Å². The lowest BCUT2D eigenvalue weighted by atomic mass is 9.84. The van der Waals surface area contributed by atoms with Crippen molar-refractivity contribution < 1.29 is 5.11 Å². The van der Waals surface area contributed by atoms with Crippen LogP contribution < -0.4 is 0 Å². The molecule has 0 aromatic rings. The van der Waals surface area contributed by atoms with Gasteiger partial charge in [0.25, 0.3) is 0 Å². The predicted octanol–water partition coefficient (Wildman–Crippen LogP) is 2.05. The molecule has 2 atom stereocenters. The Morgan fingerprint density at radius 3 is 3.06 bits per heavy atom. The zero-order valence-corrected chi connectivity index (χ0v) is 9.93. The summed E-state index contributed by atoms with van der Waals surface area (Å²) in [7, 11) is 0. The maximum absolute atomic E-state index is 10.2. The summed E-state index contributed by atoms with van der Waals surface area (Å²) in [5, 5.41) is 10.6. The Morgan fingerprint density at radius 2 is 2.44 bits per heavy atom. The minimum absolute atomic E-state index is 0.401. The molecule has 0 aromatic carbocycles. The maximum atomic E-state index is 10.2. The van der Waals surface area contributed by atoms with Crippen molar-refractivity contribution in [3.8, 4) is 0 Å². The monoisotopic (exact) mass is 238 g/mol. The van der Waals surface area contributed by atoms with Crippen molar-refractivity contribution in [2.75, 3.05) is 6.54 Å². The van der Waals surface area contributed by atoms with E-state index in [2.05, 4.69) is 11.9 Å². The first kappa shape index (κ1) is 11.4. The summed E-state index contributed by atoms with van der Waals surface area (Å²) >= 11 is 5.90. The lowest BCUT2D eigenvalue weighted by Gasteiger charge is -2.44. The van der Waals surface area contributed by atoms with Crippen molar-refractivity contribution in [3.63, 3.8) is 0 Å². The zero-order chi connectivity index (χ0) is 11.6. The summed E-state index contributed by atoms with van der Waals surface area (Å²) < 4.78 is 0. The molecule has 0 fully saturated rings. The first-order valence-corrected chi connectivity index (χ1v) is 5.77. The van der Waals surface area contributed by atoms with E-state index >= 15 is 0 Å². The van der Waals surface area contributed by atoms with E-state index in [0.29, 0.717) is 11.7 Å². The minimum atomic E-state index is -0.519. The number of aliphatic hydroxyl groups excluding tert-OH is 1. The summed E-state index contributed by atoms with van der Waals surface area (Å²) in [5.74, 6) is 0. The van der Waals surface area contributed by atoms with E-state index in [1.54, 1.807) is 18.5 Å². The van der Waals surface area contributed by atoms with Gasteiger partial charge in [-0.15, -0.1) is 0 Å². The third kappa shape index (κ3) is 1.81. The van der Waals surface area contributed by atoms with Crippen LogP contribution in [0, 0.1) is 0 Å². The predicted molar refractivity (Wildman–Crippen MR) is 66.4 cm³/mol. The summed E-state index contributed by atoms with van der Waals surface area (Å²) in [6.45, 7) is 2.72. The number of halogens is 1. The van der Waals surface area contributed by atoms with Crippen LogP contribution in [-0.4, -0.2) is 34.4 Å². The van der Waals surface area contributed by atoms with E-state index in [-0.39, 0.29) is 0 Å². The molecule has 0 aromatic heterocycles. The normalized spacial score (nSPS) is 33.1. The first-order valence-electron chi connectivity index (χ1n) is 5.40. The lowest BCUT2D eigenvalue weighted by Crippen LogP contribution is -2.54. The SMILES string of the molecule is CC[C@@]1(N2C=C(Cl)N=CC2)C=CC=CC1O. The van der Waals surface area contributed by atoms with E-state index in [4.69, 9.17) is 11.6 Å². The zero-order valence-electron chi connectivity index (χ0n) is 9.18. The highest BCUT2D eigenvalue weighted by Crippen LogP contribution is 2.31. The van der Waals surface area contributed by atoms with Gasteiger partial charge in [0.2, 0.25) is 0 Å². The number of hydrogen-bond donors (Lipinski definition) is 1. The summed E-state index contributed by atoms with van der Waals surface area (Å²) in [6.07, 6.45) is 11.5. The molecule has 0 radical (unpaired) electrons. The number of nitrogens with zero attached hydrogens (tertiary/aromatic N) is 2. The molecule has 0 saturated heterocycles. The van der Waals surface area contributed by atoms with Crippen molar-refractivity contribution in [2.45, 2.75) is 25.0 Å². The van der Waals surface area contributed by atoms with Crippen molar-refractivity contribution in [1.29, 1.82) is 0 Å². The van der Waals surface area contributed by atoms with Crippen molar-refractivity contribution in [2.24, 2.45) is 4.99 Å². The Labute approximate surface area is 100 Å². The quantitative estimate of drug-likeness (QED) is 0.748. The Hall–Kier alpha value is -1.06. The molecule has 1 heterocycles. The van der Waals surface area contributed by atoms with Crippen LogP contribution in [0.2, 0.25) is 0 Å². The molecule has 1 N–H and O–H groups in total. The Bertz CT molecular complexity index is 386. The molecule has 1 aliphatic heterocycles. The van der Waals surface area contributed by atoms with Gasteiger partial charge in [0.15, 0.2) is 0 Å². The molecule has 0 spiro atoms. The van der Waals surface area contributed by atoms with Crippen LogP contribution >= 0.6 is 11.6 Å². The number of aliphatic imine (C=N–C) groups is 1. The van der Waals surface area contributed by atoms with E-state index < -0.39 is 11.6 Å². The third-order valence-corrected chi connectivity index (χ3v) is 3.35. The molecule has 3 nitrogen and oxygen atoms in total. The van der Waals surface area contributed by atoms with Gasteiger partial charge >= 0.3 is 0 Å². The number of rotatable bonds is 2. The van der Waals surface area contributed by atoms with Gasteiger partial charge in [0.05, 0.1) is 18.2 Å². The average Bonchev–Trinajstić information content (AvgIpc) is 2.30. The van der Waals surface area contributed by atoms with Gasteiger partial charge in [-0.05, 0) is 6.42 Å². The second-order valence-corrected chi connectivity index (χ2v) is 4.34. The Kier molecular flexibility index (Phi) is 3.17. The van der Waals surface area contributed by atoms with Gasteiger partial charge in [-0.3, -0.25) is 0 Å². The average molecular weight is 239 g/mol. The van der Waals surface area contributed by atoms with Crippen molar-refractivity contribution in [1.82, 2.24) is 4.90 Å². The van der Waals surface area contributed by atoms with Crippen LogP contribution in [0.1, 0.15) is 13.3 Å². The molecule has 2 rings (SSSR count). The van der Waals surface area contributed by atoms with Crippen molar-refractivity contribution >= 4 is 17.8 Å². The summed E-state index contributed by atoms with van der Waals surface area (Å²) in [6, 6.07) is 0. The van der Waals surface area contributed by atoms with Crippen LogP contribution in [-0.2, 0) is 0 Å². The van der Waals surface area contributed by atoms with E-state index in [0.717, 1.165) is 6.42 Å². The molecule has 1 unspecified atom stereocenters. The second kappa shape index (κ2) is 4.44. The van der Waals surface area contributed by atoms with Gasteiger partial charge in [-0.1, -0.05) is 42.8 Å². The Morgan fingerprint density at radius 1 is 1.62 bits per heavy atom. The number of hydrogen-bond acceptors (Lipinski definition) is 3. The first-order chi connectivity index (χ1) is 7.69. The fourth-order valence-electron chi connectivity index (χ4n) is 2.17. The molecule has 0 bridgehead atoms. The van der Waals surface area contributed by atoms with Gasteiger partial charge in [0, 0.05) is 12.4 Å². The number of allylic oxidation sites excluding steroid dienone is 2. The van der Waals surface area contributed by atoms with E-state index in [1.165, 1.54) is 0 Å². The maximum Gasteiger partial charge on any atom is 0.144 e. The molecule has 2 aliphatic rings. The molecule has 86 valence electrons. The van der Waals surface area contributed by atoms with Gasteiger partial charge in [-0.2, -0.15) is 0 Å². The van der Waals surface area contributed by atoms with Crippen LogP contribution in [0.15, 0.2) is 40.7 Å². The lowest BCUT2D eigenvalue weighted by molar-refractivity contribution is 0.0581. The van der Waals surface area contributed by atoms with Gasteiger partial charge in [-0.25, -0.2) is 4.99 Å². The highest BCUT2D eigenvalue weighted by atomic mass is 35.5. The van der Waals surface area contributed by atoms with Gasteiger partial charge < -0.3 is 10.0 Å². The Balaban J connectivity index is 2.32. The van der Waals surface area contributed by atoms with E-state index in [1.807, 2.05) is 23.1 Å². The molecule has 0 amide bonds. The van der Waals surface area contributed by atoms with E-state index in [9.17, 15) is 5.11 Å². The summed E-state index contributed by atoms with van der Waals surface area (Å²) in [5.41, 5.74) is -0.401.